The largest absolute Gasteiger partial charge is 0.347 e. The fourth-order valence-electron chi connectivity index (χ4n) is 4.28. The number of hydrogen-bond donors (Lipinski definition) is 0. The second-order valence-corrected chi connectivity index (χ2v) is 6.87. The van der Waals surface area contributed by atoms with Crippen molar-refractivity contribution in [3.8, 4) is 0 Å². The SMILES string of the molecule is CCc1cc(N2[C@@H]3CC[C@@H]2C=C(c2ccnn2C)C3)n2ncnc2n1. The minimum Gasteiger partial charge on any atom is -0.347 e. The van der Waals surface area contributed by atoms with Crippen molar-refractivity contribution in [3.63, 3.8) is 0 Å². The zero-order chi connectivity index (χ0) is 17.0. The molecule has 1 saturated heterocycles. The van der Waals surface area contributed by atoms with E-state index in [1.165, 1.54) is 24.1 Å². The first-order valence-corrected chi connectivity index (χ1v) is 8.91. The Morgan fingerprint density at radius 3 is 2.92 bits per heavy atom. The molecule has 3 aromatic heterocycles. The van der Waals surface area contributed by atoms with E-state index < -0.39 is 0 Å². The quantitative estimate of drug-likeness (QED) is 0.734. The fraction of sp³-hybridized carbons (Fsp3) is 0.444. The summed E-state index contributed by atoms with van der Waals surface area (Å²) in [4.78, 5) is 11.4. The van der Waals surface area contributed by atoms with Crippen LogP contribution in [0.3, 0.4) is 0 Å². The summed E-state index contributed by atoms with van der Waals surface area (Å²) in [6.45, 7) is 2.13. The first-order valence-electron chi connectivity index (χ1n) is 8.91. The van der Waals surface area contributed by atoms with Crippen LogP contribution in [0.2, 0.25) is 0 Å². The lowest BCUT2D eigenvalue weighted by atomic mass is 9.98. The van der Waals surface area contributed by atoms with Crippen LogP contribution >= 0.6 is 0 Å². The Hall–Kier alpha value is -2.70. The Morgan fingerprint density at radius 1 is 1.24 bits per heavy atom. The van der Waals surface area contributed by atoms with Gasteiger partial charge >= 0.3 is 0 Å². The topological polar surface area (TPSA) is 64.1 Å². The van der Waals surface area contributed by atoms with Crippen LogP contribution in [-0.2, 0) is 13.5 Å². The second kappa shape index (κ2) is 5.40. The first-order chi connectivity index (χ1) is 12.2. The molecule has 0 saturated carbocycles. The van der Waals surface area contributed by atoms with E-state index in [4.69, 9.17) is 0 Å². The molecular weight excluding hydrogens is 314 g/mol. The van der Waals surface area contributed by atoms with Gasteiger partial charge in [0.05, 0.1) is 5.69 Å². The molecule has 0 N–H and O–H groups in total. The van der Waals surface area contributed by atoms with Crippen LogP contribution in [0.15, 0.2) is 30.7 Å². The van der Waals surface area contributed by atoms with Crippen molar-refractivity contribution in [1.82, 2.24) is 29.4 Å². The second-order valence-electron chi connectivity index (χ2n) is 6.87. The maximum absolute atomic E-state index is 4.58. The van der Waals surface area contributed by atoms with E-state index in [0.29, 0.717) is 17.9 Å². The molecule has 0 aromatic carbocycles. The van der Waals surface area contributed by atoms with E-state index in [0.717, 1.165) is 24.4 Å². The van der Waals surface area contributed by atoms with Gasteiger partial charge < -0.3 is 4.90 Å². The maximum atomic E-state index is 4.58. The minimum atomic E-state index is 0.392. The Kier molecular flexibility index (Phi) is 3.16. The van der Waals surface area contributed by atoms with Crippen molar-refractivity contribution in [3.05, 3.63) is 42.1 Å². The molecule has 128 valence electrons. The molecule has 25 heavy (non-hydrogen) atoms. The van der Waals surface area contributed by atoms with E-state index in [-0.39, 0.29) is 0 Å². The molecule has 1 fully saturated rings. The zero-order valence-corrected chi connectivity index (χ0v) is 14.5. The third-order valence-electron chi connectivity index (χ3n) is 5.46. The van der Waals surface area contributed by atoms with Crippen LogP contribution in [0, 0.1) is 0 Å². The normalized spacial score (nSPS) is 22.6. The smallest absolute Gasteiger partial charge is 0.254 e. The van der Waals surface area contributed by atoms with Gasteiger partial charge in [-0.15, -0.1) is 0 Å². The Bertz CT molecular complexity index is 967. The molecule has 0 amide bonds. The summed E-state index contributed by atoms with van der Waals surface area (Å²) in [6.07, 6.45) is 10.2. The summed E-state index contributed by atoms with van der Waals surface area (Å²) in [7, 11) is 2.01. The average Bonchev–Trinajstić information content (AvgIpc) is 3.32. The summed E-state index contributed by atoms with van der Waals surface area (Å²) in [5.41, 5.74) is 3.70. The molecule has 0 spiro atoms. The number of nitrogens with zero attached hydrogens (tertiary/aromatic N) is 7. The molecule has 7 heteroatoms. The monoisotopic (exact) mass is 335 g/mol. The molecule has 7 nitrogen and oxygen atoms in total. The standard InChI is InChI=1S/C18H21N7/c1-3-13-10-17(25-18(22-13)19-11-21-25)24-14-4-5-15(24)9-12(8-14)16-6-7-20-23(16)2/h6-8,10-11,14-15H,3-5,9H2,1-2H3/t14-,15-/m1/s1. The minimum absolute atomic E-state index is 0.392. The van der Waals surface area contributed by atoms with Gasteiger partial charge in [0.25, 0.3) is 5.78 Å². The van der Waals surface area contributed by atoms with Gasteiger partial charge in [-0.3, -0.25) is 4.68 Å². The summed E-state index contributed by atoms with van der Waals surface area (Å²) >= 11 is 0. The van der Waals surface area contributed by atoms with E-state index in [9.17, 15) is 0 Å². The number of anilines is 1. The Balaban J connectivity index is 1.60. The van der Waals surface area contributed by atoms with Gasteiger partial charge in [0, 0.05) is 37.1 Å². The summed E-state index contributed by atoms with van der Waals surface area (Å²) in [5, 5.41) is 8.74. The molecular formula is C18H21N7. The van der Waals surface area contributed by atoms with Gasteiger partial charge in [0.2, 0.25) is 0 Å². The van der Waals surface area contributed by atoms with Crippen LogP contribution in [0.1, 0.15) is 37.6 Å². The van der Waals surface area contributed by atoms with Crippen molar-refractivity contribution >= 4 is 17.2 Å². The molecule has 5 heterocycles. The third kappa shape index (κ3) is 2.18. The lowest BCUT2D eigenvalue weighted by molar-refractivity contribution is 0.632. The highest BCUT2D eigenvalue weighted by Crippen LogP contribution is 2.41. The van der Waals surface area contributed by atoms with Crippen molar-refractivity contribution in [1.29, 1.82) is 0 Å². The third-order valence-corrected chi connectivity index (χ3v) is 5.46. The predicted octanol–water partition coefficient (Wildman–Crippen LogP) is 2.24. The van der Waals surface area contributed by atoms with E-state index in [2.05, 4.69) is 50.2 Å². The maximum Gasteiger partial charge on any atom is 0.254 e. The van der Waals surface area contributed by atoms with E-state index in [1.807, 2.05) is 22.4 Å². The number of hydrogen-bond acceptors (Lipinski definition) is 5. The van der Waals surface area contributed by atoms with Crippen LogP contribution in [0.25, 0.3) is 11.4 Å². The first kappa shape index (κ1) is 14.6. The van der Waals surface area contributed by atoms with Crippen molar-refractivity contribution in [2.45, 2.75) is 44.7 Å². The van der Waals surface area contributed by atoms with Gasteiger partial charge in [-0.2, -0.15) is 19.7 Å². The summed E-state index contributed by atoms with van der Waals surface area (Å²) in [5.74, 6) is 1.81. The van der Waals surface area contributed by atoms with Crippen molar-refractivity contribution < 1.29 is 0 Å². The molecule has 2 aliphatic heterocycles. The predicted molar refractivity (Wildman–Crippen MR) is 95.3 cm³/mol. The Labute approximate surface area is 146 Å². The molecule has 0 unspecified atom stereocenters. The average molecular weight is 335 g/mol. The van der Waals surface area contributed by atoms with Gasteiger partial charge in [-0.1, -0.05) is 13.0 Å². The van der Waals surface area contributed by atoms with Crippen molar-refractivity contribution in [2.75, 3.05) is 4.90 Å². The molecule has 0 radical (unpaired) electrons. The molecule has 2 bridgehead atoms. The van der Waals surface area contributed by atoms with Crippen LogP contribution in [0.5, 0.6) is 0 Å². The van der Waals surface area contributed by atoms with Gasteiger partial charge in [0.1, 0.15) is 12.1 Å². The number of aromatic nitrogens is 6. The Morgan fingerprint density at radius 2 is 2.16 bits per heavy atom. The fourth-order valence-corrected chi connectivity index (χ4v) is 4.28. The van der Waals surface area contributed by atoms with Crippen LogP contribution < -0.4 is 4.90 Å². The van der Waals surface area contributed by atoms with E-state index in [1.54, 1.807) is 6.33 Å². The highest BCUT2D eigenvalue weighted by Gasteiger charge is 2.38. The number of aryl methyl sites for hydroxylation is 2. The molecule has 2 atom stereocenters. The van der Waals surface area contributed by atoms with Crippen LogP contribution in [0.4, 0.5) is 5.82 Å². The molecule has 0 aliphatic carbocycles. The van der Waals surface area contributed by atoms with Gasteiger partial charge in [0.15, 0.2) is 0 Å². The zero-order valence-electron chi connectivity index (χ0n) is 14.5. The van der Waals surface area contributed by atoms with Gasteiger partial charge in [-0.05, 0) is 37.3 Å². The summed E-state index contributed by atoms with van der Waals surface area (Å²) < 4.78 is 3.85. The summed E-state index contributed by atoms with van der Waals surface area (Å²) in [6, 6.07) is 5.16. The number of fused-ring (bicyclic) bond motifs is 3. The molecule has 5 rings (SSSR count). The van der Waals surface area contributed by atoms with E-state index >= 15 is 0 Å². The lowest BCUT2D eigenvalue weighted by Crippen LogP contribution is -2.40. The lowest BCUT2D eigenvalue weighted by Gasteiger charge is -2.35. The highest BCUT2D eigenvalue weighted by atomic mass is 15.4. The number of rotatable bonds is 3. The highest BCUT2D eigenvalue weighted by molar-refractivity contribution is 5.69. The molecule has 3 aromatic rings. The molecule has 2 aliphatic rings. The van der Waals surface area contributed by atoms with Crippen molar-refractivity contribution in [2.24, 2.45) is 7.05 Å². The van der Waals surface area contributed by atoms with Crippen LogP contribution in [-0.4, -0.2) is 41.4 Å². The van der Waals surface area contributed by atoms with Gasteiger partial charge in [-0.25, -0.2) is 4.98 Å².